The Balaban J connectivity index is 2.47. The molecule has 2 aromatic rings. The molecule has 0 saturated heterocycles. The van der Waals surface area contributed by atoms with Crippen LogP contribution in [-0.4, -0.2) is 16.7 Å². The summed E-state index contributed by atoms with van der Waals surface area (Å²) in [4.78, 5) is 15.8. The lowest BCUT2D eigenvalue weighted by Crippen LogP contribution is -2.14. The van der Waals surface area contributed by atoms with Crippen LogP contribution in [0.3, 0.4) is 0 Å². The number of hydrogen-bond acceptors (Lipinski definition) is 3. The zero-order valence-electron chi connectivity index (χ0n) is 10.2. The molecule has 0 amide bonds. The van der Waals surface area contributed by atoms with Crippen LogP contribution in [0.15, 0.2) is 35.3 Å². The van der Waals surface area contributed by atoms with Gasteiger partial charge in [0.1, 0.15) is 0 Å². The molecule has 94 valence electrons. The highest BCUT2D eigenvalue weighted by molar-refractivity contribution is 6.31. The van der Waals surface area contributed by atoms with Crippen molar-refractivity contribution in [1.29, 1.82) is 0 Å². The Labute approximate surface area is 110 Å². The molecule has 0 spiro atoms. The van der Waals surface area contributed by atoms with E-state index in [4.69, 9.17) is 16.3 Å². The van der Waals surface area contributed by atoms with Gasteiger partial charge in [-0.1, -0.05) is 11.6 Å². The van der Waals surface area contributed by atoms with E-state index in [1.54, 1.807) is 32.5 Å². The standard InChI is InChI=1S/C13H13ClN2O2/c1-16-7-9(3-6-13(16)17)11-5-4-10(14)12(15-11)8-18-2/h3-7H,8H2,1-2H3. The van der Waals surface area contributed by atoms with Crippen molar-refractivity contribution in [1.82, 2.24) is 9.55 Å². The fourth-order valence-electron chi connectivity index (χ4n) is 1.63. The lowest BCUT2D eigenvalue weighted by atomic mass is 10.2. The second-order valence-corrected chi connectivity index (χ2v) is 4.33. The van der Waals surface area contributed by atoms with Crippen molar-refractivity contribution < 1.29 is 4.74 Å². The summed E-state index contributed by atoms with van der Waals surface area (Å²) in [5, 5.41) is 0.574. The van der Waals surface area contributed by atoms with E-state index in [1.165, 1.54) is 10.6 Å². The van der Waals surface area contributed by atoms with Gasteiger partial charge < -0.3 is 9.30 Å². The minimum Gasteiger partial charge on any atom is -0.378 e. The van der Waals surface area contributed by atoms with Crippen molar-refractivity contribution in [3.05, 3.63) is 51.5 Å². The number of aryl methyl sites for hydroxylation is 1. The molecule has 0 bridgehead atoms. The summed E-state index contributed by atoms with van der Waals surface area (Å²) in [6, 6.07) is 6.86. The summed E-state index contributed by atoms with van der Waals surface area (Å²) < 4.78 is 6.56. The molecular weight excluding hydrogens is 252 g/mol. The average molecular weight is 265 g/mol. The molecule has 0 aliphatic rings. The molecule has 0 aliphatic carbocycles. The number of aromatic nitrogens is 2. The maximum Gasteiger partial charge on any atom is 0.250 e. The summed E-state index contributed by atoms with van der Waals surface area (Å²) in [6.45, 7) is 0.360. The molecule has 2 rings (SSSR count). The Bertz CT molecular complexity index is 623. The van der Waals surface area contributed by atoms with E-state index in [2.05, 4.69) is 4.98 Å². The van der Waals surface area contributed by atoms with Crippen LogP contribution in [0.25, 0.3) is 11.3 Å². The lowest BCUT2D eigenvalue weighted by Gasteiger charge is -2.07. The summed E-state index contributed by atoms with van der Waals surface area (Å²) in [7, 11) is 3.30. The van der Waals surface area contributed by atoms with Gasteiger partial charge in [-0.05, 0) is 18.2 Å². The first kappa shape index (κ1) is 12.8. The highest BCUT2D eigenvalue weighted by atomic mass is 35.5. The fourth-order valence-corrected chi connectivity index (χ4v) is 1.79. The first-order chi connectivity index (χ1) is 8.61. The van der Waals surface area contributed by atoms with Gasteiger partial charge in [-0.3, -0.25) is 4.79 Å². The van der Waals surface area contributed by atoms with Crippen molar-refractivity contribution in [2.24, 2.45) is 7.05 Å². The van der Waals surface area contributed by atoms with E-state index in [0.717, 1.165) is 11.3 Å². The average Bonchev–Trinajstić information content (AvgIpc) is 2.36. The second kappa shape index (κ2) is 5.33. The Hall–Kier alpha value is -1.65. The molecule has 5 heteroatoms. The first-order valence-electron chi connectivity index (χ1n) is 5.43. The lowest BCUT2D eigenvalue weighted by molar-refractivity contribution is 0.181. The van der Waals surface area contributed by atoms with Crippen LogP contribution in [0.2, 0.25) is 5.02 Å². The molecule has 0 saturated carbocycles. The number of rotatable bonds is 3. The third-order valence-electron chi connectivity index (χ3n) is 2.58. The maximum absolute atomic E-state index is 11.3. The van der Waals surface area contributed by atoms with Gasteiger partial charge in [-0.25, -0.2) is 4.98 Å². The molecule has 18 heavy (non-hydrogen) atoms. The molecule has 0 atom stereocenters. The summed E-state index contributed by atoms with van der Waals surface area (Å²) in [5.74, 6) is 0. The van der Waals surface area contributed by atoms with Gasteiger partial charge in [0, 0.05) is 32.0 Å². The normalized spacial score (nSPS) is 10.6. The zero-order chi connectivity index (χ0) is 13.1. The van der Waals surface area contributed by atoms with Crippen LogP contribution < -0.4 is 5.56 Å². The van der Waals surface area contributed by atoms with Crippen molar-refractivity contribution in [3.63, 3.8) is 0 Å². The Kier molecular flexibility index (Phi) is 3.79. The van der Waals surface area contributed by atoms with Gasteiger partial charge in [-0.15, -0.1) is 0 Å². The highest BCUT2D eigenvalue weighted by Gasteiger charge is 2.06. The van der Waals surface area contributed by atoms with Crippen molar-refractivity contribution >= 4 is 11.6 Å². The Morgan fingerprint density at radius 1 is 1.33 bits per heavy atom. The summed E-state index contributed by atoms with van der Waals surface area (Å²) in [5.41, 5.74) is 2.27. The highest BCUT2D eigenvalue weighted by Crippen LogP contribution is 2.21. The van der Waals surface area contributed by atoms with Gasteiger partial charge in [0.05, 0.1) is 23.0 Å². The monoisotopic (exact) mass is 264 g/mol. The minimum absolute atomic E-state index is 0.0511. The Morgan fingerprint density at radius 3 is 2.78 bits per heavy atom. The number of halogens is 1. The van der Waals surface area contributed by atoms with E-state index in [0.29, 0.717) is 17.3 Å². The number of hydrogen-bond donors (Lipinski definition) is 0. The van der Waals surface area contributed by atoms with E-state index >= 15 is 0 Å². The van der Waals surface area contributed by atoms with Crippen molar-refractivity contribution in [2.45, 2.75) is 6.61 Å². The zero-order valence-corrected chi connectivity index (χ0v) is 10.9. The van der Waals surface area contributed by atoms with E-state index in [9.17, 15) is 4.79 Å². The SMILES string of the molecule is COCc1nc(-c2ccc(=O)n(C)c2)ccc1Cl. The fraction of sp³-hybridized carbons (Fsp3) is 0.231. The van der Waals surface area contributed by atoms with Crippen LogP contribution in [0.1, 0.15) is 5.69 Å². The van der Waals surface area contributed by atoms with E-state index in [1.807, 2.05) is 6.07 Å². The van der Waals surface area contributed by atoms with E-state index < -0.39 is 0 Å². The van der Waals surface area contributed by atoms with E-state index in [-0.39, 0.29) is 5.56 Å². The molecule has 4 nitrogen and oxygen atoms in total. The number of methoxy groups -OCH3 is 1. The van der Waals surface area contributed by atoms with Crippen LogP contribution in [0, 0.1) is 0 Å². The van der Waals surface area contributed by atoms with Gasteiger partial charge in [0.25, 0.3) is 0 Å². The van der Waals surface area contributed by atoms with Crippen LogP contribution in [0.4, 0.5) is 0 Å². The van der Waals surface area contributed by atoms with Gasteiger partial charge in [0.2, 0.25) is 5.56 Å². The van der Waals surface area contributed by atoms with Gasteiger partial charge in [-0.2, -0.15) is 0 Å². The van der Waals surface area contributed by atoms with Gasteiger partial charge >= 0.3 is 0 Å². The smallest absolute Gasteiger partial charge is 0.250 e. The molecule has 2 heterocycles. The molecule has 0 aliphatic heterocycles. The molecular formula is C13H13ClN2O2. The Morgan fingerprint density at radius 2 is 2.11 bits per heavy atom. The predicted octanol–water partition coefficient (Wildman–Crippen LogP) is 2.25. The van der Waals surface area contributed by atoms with Gasteiger partial charge in [0.15, 0.2) is 0 Å². The molecule has 0 fully saturated rings. The molecule has 0 radical (unpaired) electrons. The van der Waals surface area contributed by atoms with Crippen molar-refractivity contribution in [2.75, 3.05) is 7.11 Å². The maximum atomic E-state index is 11.3. The quantitative estimate of drug-likeness (QED) is 0.854. The summed E-state index contributed by atoms with van der Waals surface area (Å²) in [6.07, 6.45) is 1.75. The first-order valence-corrected chi connectivity index (χ1v) is 5.81. The molecule has 0 N–H and O–H groups in total. The van der Waals surface area contributed by atoms with Crippen LogP contribution >= 0.6 is 11.6 Å². The molecule has 0 aromatic carbocycles. The van der Waals surface area contributed by atoms with Crippen LogP contribution in [-0.2, 0) is 18.4 Å². The third-order valence-corrected chi connectivity index (χ3v) is 2.93. The largest absolute Gasteiger partial charge is 0.378 e. The minimum atomic E-state index is -0.0511. The third kappa shape index (κ3) is 2.60. The number of pyridine rings is 2. The number of ether oxygens (including phenoxy) is 1. The number of nitrogens with zero attached hydrogens (tertiary/aromatic N) is 2. The molecule has 2 aromatic heterocycles. The van der Waals surface area contributed by atoms with Crippen molar-refractivity contribution in [3.8, 4) is 11.3 Å². The van der Waals surface area contributed by atoms with Crippen LogP contribution in [0.5, 0.6) is 0 Å². The summed E-state index contributed by atoms with van der Waals surface area (Å²) >= 11 is 6.02. The second-order valence-electron chi connectivity index (χ2n) is 3.92. The topological polar surface area (TPSA) is 44.1 Å². The molecule has 0 unspecified atom stereocenters. The predicted molar refractivity (Wildman–Crippen MR) is 70.6 cm³/mol.